The Hall–Kier alpha value is -2.83. The Labute approximate surface area is 198 Å². The molecule has 0 bridgehead atoms. The molecule has 0 fully saturated rings. The molecule has 1 amide bonds. The highest BCUT2D eigenvalue weighted by atomic mass is 35.5. The van der Waals surface area contributed by atoms with Crippen LogP contribution in [0.1, 0.15) is 53.9 Å². The molecule has 6 nitrogen and oxygen atoms in total. The maximum atomic E-state index is 13.5. The van der Waals surface area contributed by atoms with Crippen LogP contribution in [0.3, 0.4) is 0 Å². The molecule has 0 N–H and O–H groups in total. The highest BCUT2D eigenvalue weighted by molar-refractivity contribution is 6.31. The molecule has 7 heteroatoms. The minimum absolute atomic E-state index is 0.118. The summed E-state index contributed by atoms with van der Waals surface area (Å²) in [5, 5.41) is 0.834. The van der Waals surface area contributed by atoms with Gasteiger partial charge in [-0.1, -0.05) is 37.1 Å². The van der Waals surface area contributed by atoms with Gasteiger partial charge in [-0.2, -0.15) is 0 Å². The van der Waals surface area contributed by atoms with Crippen LogP contribution in [-0.2, 0) is 0 Å². The molecule has 0 aliphatic carbocycles. The molecule has 1 aliphatic heterocycles. The van der Waals surface area contributed by atoms with E-state index in [0.29, 0.717) is 34.7 Å². The summed E-state index contributed by atoms with van der Waals surface area (Å²) in [7, 11) is 3.99. The summed E-state index contributed by atoms with van der Waals surface area (Å²) in [5.74, 6) is 0.632. The van der Waals surface area contributed by atoms with Gasteiger partial charge >= 0.3 is 0 Å². The second-order valence-corrected chi connectivity index (χ2v) is 9.08. The van der Waals surface area contributed by atoms with E-state index in [-0.39, 0.29) is 17.1 Å². The summed E-state index contributed by atoms with van der Waals surface area (Å²) < 4.78 is 11.8. The fourth-order valence-corrected chi connectivity index (χ4v) is 4.38. The van der Waals surface area contributed by atoms with Gasteiger partial charge in [-0.15, -0.1) is 0 Å². The second kappa shape index (κ2) is 9.98. The SMILES string of the molecule is CCCCOc1ccc([C@@H]2c3c(oc4ccc(Cl)cc4c3=O)C(=O)N2CCCN(C)C)cc1. The molecule has 0 unspecified atom stereocenters. The van der Waals surface area contributed by atoms with Crippen LogP contribution in [0.15, 0.2) is 51.7 Å². The van der Waals surface area contributed by atoms with Gasteiger partial charge in [0.15, 0.2) is 5.43 Å². The van der Waals surface area contributed by atoms with Gasteiger partial charge < -0.3 is 19.0 Å². The fraction of sp³-hybridized carbons (Fsp3) is 0.385. The van der Waals surface area contributed by atoms with Gasteiger partial charge in [-0.05, 0) is 69.4 Å². The number of carbonyl (C=O) groups is 1. The van der Waals surface area contributed by atoms with Gasteiger partial charge in [0.25, 0.3) is 5.91 Å². The molecule has 0 radical (unpaired) electrons. The average Bonchev–Trinajstić information content (AvgIpc) is 3.07. The molecule has 1 aromatic heterocycles. The number of amides is 1. The topological polar surface area (TPSA) is 63.0 Å². The van der Waals surface area contributed by atoms with Crippen molar-refractivity contribution in [3.8, 4) is 5.75 Å². The lowest BCUT2D eigenvalue weighted by Crippen LogP contribution is -2.32. The minimum Gasteiger partial charge on any atom is -0.494 e. The van der Waals surface area contributed by atoms with Crippen molar-refractivity contribution >= 4 is 28.5 Å². The van der Waals surface area contributed by atoms with E-state index in [0.717, 1.165) is 37.1 Å². The molecule has 3 aromatic rings. The van der Waals surface area contributed by atoms with Crippen LogP contribution in [0.4, 0.5) is 0 Å². The van der Waals surface area contributed by atoms with Crippen molar-refractivity contribution in [2.75, 3.05) is 33.8 Å². The first-order chi connectivity index (χ1) is 15.9. The Balaban J connectivity index is 1.76. The van der Waals surface area contributed by atoms with E-state index in [4.69, 9.17) is 20.8 Å². The van der Waals surface area contributed by atoms with E-state index in [1.807, 2.05) is 38.4 Å². The number of carbonyl (C=O) groups excluding carboxylic acids is 1. The number of nitrogens with zero attached hydrogens (tertiary/aromatic N) is 2. The highest BCUT2D eigenvalue weighted by Gasteiger charge is 2.42. The maximum Gasteiger partial charge on any atom is 0.290 e. The zero-order valence-electron chi connectivity index (χ0n) is 19.3. The zero-order valence-corrected chi connectivity index (χ0v) is 20.0. The normalized spacial score (nSPS) is 15.5. The standard InChI is InChI=1S/C26H29ClN2O4/c1-4-5-15-32-19-10-7-17(8-11-19)23-22-24(30)20-16-18(27)9-12-21(20)33-25(22)26(31)29(23)14-6-13-28(2)3/h7-12,16,23H,4-6,13-15H2,1-3H3/t23-/m1/s1. The Morgan fingerprint density at radius 2 is 1.85 bits per heavy atom. The summed E-state index contributed by atoms with van der Waals surface area (Å²) >= 11 is 6.14. The first-order valence-electron chi connectivity index (χ1n) is 11.4. The number of rotatable bonds is 9. The van der Waals surface area contributed by atoms with E-state index in [9.17, 15) is 9.59 Å². The number of ether oxygens (including phenoxy) is 1. The summed E-state index contributed by atoms with van der Waals surface area (Å²) in [4.78, 5) is 30.7. The van der Waals surface area contributed by atoms with Crippen molar-refractivity contribution in [1.82, 2.24) is 9.80 Å². The Morgan fingerprint density at radius 3 is 2.55 bits per heavy atom. The molecule has 2 aromatic carbocycles. The zero-order chi connectivity index (χ0) is 23.5. The Kier molecular flexibility index (Phi) is 7.05. The molecule has 0 saturated heterocycles. The predicted octanol–water partition coefficient (Wildman–Crippen LogP) is 5.12. The molecule has 1 atom stereocenters. The van der Waals surface area contributed by atoms with E-state index in [1.54, 1.807) is 23.1 Å². The third-order valence-corrected chi connectivity index (χ3v) is 6.13. The Bertz CT molecular complexity index is 1200. The molecule has 174 valence electrons. The number of halogens is 1. The van der Waals surface area contributed by atoms with Gasteiger partial charge in [0, 0.05) is 11.6 Å². The minimum atomic E-state index is -0.515. The number of hydrogen-bond acceptors (Lipinski definition) is 5. The van der Waals surface area contributed by atoms with Crippen LogP contribution in [0.5, 0.6) is 5.75 Å². The van der Waals surface area contributed by atoms with Gasteiger partial charge in [-0.25, -0.2) is 0 Å². The first kappa shape index (κ1) is 23.3. The van der Waals surface area contributed by atoms with Gasteiger partial charge in [0.1, 0.15) is 11.3 Å². The average molecular weight is 469 g/mol. The van der Waals surface area contributed by atoms with Crippen LogP contribution in [-0.4, -0.2) is 49.5 Å². The molecule has 2 heterocycles. The first-order valence-corrected chi connectivity index (χ1v) is 11.7. The summed E-state index contributed by atoms with van der Waals surface area (Å²) in [5.41, 5.74) is 1.37. The number of benzene rings is 2. The van der Waals surface area contributed by atoms with Gasteiger partial charge in [0.05, 0.1) is 23.6 Å². The summed E-state index contributed by atoms with van der Waals surface area (Å²) in [6, 6.07) is 12.0. The van der Waals surface area contributed by atoms with Crippen molar-refractivity contribution < 1.29 is 13.9 Å². The van der Waals surface area contributed by atoms with Crippen LogP contribution in [0.25, 0.3) is 11.0 Å². The smallest absolute Gasteiger partial charge is 0.290 e. The number of fused-ring (bicyclic) bond motifs is 2. The lowest BCUT2D eigenvalue weighted by molar-refractivity contribution is 0.0722. The van der Waals surface area contributed by atoms with Crippen molar-refractivity contribution in [3.63, 3.8) is 0 Å². The lowest BCUT2D eigenvalue weighted by atomic mass is 9.98. The number of hydrogen-bond donors (Lipinski definition) is 0. The van der Waals surface area contributed by atoms with E-state index < -0.39 is 6.04 Å². The summed E-state index contributed by atoms with van der Waals surface area (Å²) in [6.45, 7) is 4.12. The molecular weight excluding hydrogens is 440 g/mol. The second-order valence-electron chi connectivity index (χ2n) is 8.64. The monoisotopic (exact) mass is 468 g/mol. The highest BCUT2D eigenvalue weighted by Crippen LogP contribution is 2.39. The van der Waals surface area contributed by atoms with Crippen LogP contribution >= 0.6 is 11.6 Å². The van der Waals surface area contributed by atoms with Gasteiger partial charge in [0.2, 0.25) is 5.76 Å². The molecule has 1 aliphatic rings. The summed E-state index contributed by atoms with van der Waals surface area (Å²) in [6.07, 6.45) is 2.83. The largest absolute Gasteiger partial charge is 0.494 e. The number of unbranched alkanes of at least 4 members (excludes halogenated alkanes) is 1. The van der Waals surface area contributed by atoms with E-state index >= 15 is 0 Å². The van der Waals surface area contributed by atoms with Crippen molar-refractivity contribution in [2.24, 2.45) is 0 Å². The predicted molar refractivity (Wildman–Crippen MR) is 130 cm³/mol. The van der Waals surface area contributed by atoms with Crippen LogP contribution < -0.4 is 10.2 Å². The van der Waals surface area contributed by atoms with Crippen molar-refractivity contribution in [3.05, 3.63) is 74.6 Å². The molecule has 4 rings (SSSR count). The quantitative estimate of drug-likeness (QED) is 0.408. The molecule has 33 heavy (non-hydrogen) atoms. The van der Waals surface area contributed by atoms with Crippen LogP contribution in [0.2, 0.25) is 5.02 Å². The molecule has 0 spiro atoms. The molecule has 0 saturated carbocycles. The van der Waals surface area contributed by atoms with Crippen molar-refractivity contribution in [1.29, 1.82) is 0 Å². The van der Waals surface area contributed by atoms with Gasteiger partial charge in [-0.3, -0.25) is 9.59 Å². The van der Waals surface area contributed by atoms with E-state index in [1.165, 1.54) is 0 Å². The molecular formula is C26H29ClN2O4. The third kappa shape index (κ3) is 4.77. The third-order valence-electron chi connectivity index (χ3n) is 5.89. The fourth-order valence-electron chi connectivity index (χ4n) is 4.21. The van der Waals surface area contributed by atoms with E-state index in [2.05, 4.69) is 11.8 Å². The lowest BCUT2D eigenvalue weighted by Gasteiger charge is -2.26. The van der Waals surface area contributed by atoms with Crippen LogP contribution in [0, 0.1) is 0 Å². The van der Waals surface area contributed by atoms with Crippen molar-refractivity contribution in [2.45, 2.75) is 32.2 Å². The Morgan fingerprint density at radius 1 is 1.09 bits per heavy atom. The maximum absolute atomic E-state index is 13.5.